The third kappa shape index (κ3) is 4.46. The van der Waals surface area contributed by atoms with Gasteiger partial charge in [0.05, 0.1) is 6.10 Å². The first-order chi connectivity index (χ1) is 7.08. The molecule has 0 saturated heterocycles. The van der Waals surface area contributed by atoms with E-state index in [-0.39, 0.29) is 18.1 Å². The van der Waals surface area contributed by atoms with Crippen molar-refractivity contribution in [3.8, 4) is 5.75 Å². The molecule has 4 nitrogen and oxygen atoms in total. The molecule has 1 aromatic carbocycles. The Morgan fingerprint density at radius 3 is 2.87 bits per heavy atom. The predicted octanol–water partition coefficient (Wildman–Crippen LogP) is 1.49. The van der Waals surface area contributed by atoms with Crippen molar-refractivity contribution in [3.63, 3.8) is 0 Å². The number of amides is 1. The van der Waals surface area contributed by atoms with Crippen molar-refractivity contribution in [2.45, 2.75) is 25.9 Å². The second-order valence-corrected chi connectivity index (χ2v) is 3.49. The van der Waals surface area contributed by atoms with Crippen molar-refractivity contribution in [2.75, 3.05) is 5.32 Å². The van der Waals surface area contributed by atoms with Gasteiger partial charge in [0.1, 0.15) is 5.75 Å². The normalized spacial score (nSPS) is 12.1. The van der Waals surface area contributed by atoms with E-state index in [1.54, 1.807) is 19.1 Å². The number of anilines is 1. The zero-order chi connectivity index (χ0) is 11.3. The van der Waals surface area contributed by atoms with E-state index in [0.717, 1.165) is 0 Å². The summed E-state index contributed by atoms with van der Waals surface area (Å²) in [6.45, 7) is 1.64. The number of phenolic OH excluding ortho intramolecular Hbond substituents is 1. The molecule has 1 unspecified atom stereocenters. The number of hydrogen-bond donors (Lipinski definition) is 3. The van der Waals surface area contributed by atoms with Crippen LogP contribution in [0, 0.1) is 0 Å². The molecule has 0 aliphatic carbocycles. The van der Waals surface area contributed by atoms with Crippen LogP contribution in [0.25, 0.3) is 0 Å². The van der Waals surface area contributed by atoms with Crippen LogP contribution in [0.4, 0.5) is 5.69 Å². The topological polar surface area (TPSA) is 69.6 Å². The summed E-state index contributed by atoms with van der Waals surface area (Å²) < 4.78 is 0. The minimum atomic E-state index is -0.472. The summed E-state index contributed by atoms with van der Waals surface area (Å²) in [5.74, 6) is -0.0511. The Labute approximate surface area is 88.6 Å². The molecule has 1 atom stereocenters. The molecule has 15 heavy (non-hydrogen) atoms. The quantitative estimate of drug-likeness (QED) is 0.703. The number of aliphatic hydroxyl groups excluding tert-OH is 1. The van der Waals surface area contributed by atoms with Crippen LogP contribution in [-0.2, 0) is 4.79 Å². The SMILES string of the molecule is CC(O)CCC(=O)Nc1cccc(O)c1. The molecule has 1 aromatic rings. The van der Waals surface area contributed by atoms with E-state index in [0.29, 0.717) is 12.1 Å². The highest BCUT2D eigenvalue weighted by Gasteiger charge is 2.04. The molecule has 0 fully saturated rings. The smallest absolute Gasteiger partial charge is 0.224 e. The molecule has 0 heterocycles. The largest absolute Gasteiger partial charge is 0.508 e. The Hall–Kier alpha value is -1.55. The Bertz CT molecular complexity index is 336. The van der Waals surface area contributed by atoms with E-state index in [1.807, 2.05) is 0 Å². The minimum absolute atomic E-state index is 0.114. The Morgan fingerprint density at radius 2 is 2.27 bits per heavy atom. The first-order valence-electron chi connectivity index (χ1n) is 4.85. The lowest BCUT2D eigenvalue weighted by molar-refractivity contribution is -0.116. The van der Waals surface area contributed by atoms with Crippen LogP contribution in [-0.4, -0.2) is 22.2 Å². The molecular formula is C11H15NO3. The molecule has 3 N–H and O–H groups in total. The minimum Gasteiger partial charge on any atom is -0.508 e. The molecule has 0 radical (unpaired) electrons. The highest BCUT2D eigenvalue weighted by molar-refractivity contribution is 5.90. The molecule has 4 heteroatoms. The molecule has 0 spiro atoms. The van der Waals surface area contributed by atoms with Crippen LogP contribution in [0.5, 0.6) is 5.75 Å². The van der Waals surface area contributed by atoms with Crippen molar-refractivity contribution in [3.05, 3.63) is 24.3 Å². The van der Waals surface area contributed by atoms with Gasteiger partial charge in [-0.2, -0.15) is 0 Å². The van der Waals surface area contributed by atoms with E-state index < -0.39 is 6.10 Å². The van der Waals surface area contributed by atoms with Gasteiger partial charge in [-0.1, -0.05) is 6.07 Å². The summed E-state index contributed by atoms with van der Waals surface area (Å²) >= 11 is 0. The summed E-state index contributed by atoms with van der Waals surface area (Å²) in [6, 6.07) is 6.35. The van der Waals surface area contributed by atoms with Gasteiger partial charge in [-0.3, -0.25) is 4.79 Å². The van der Waals surface area contributed by atoms with E-state index in [4.69, 9.17) is 10.2 Å². The number of rotatable bonds is 4. The van der Waals surface area contributed by atoms with Gasteiger partial charge in [0, 0.05) is 18.2 Å². The number of phenols is 1. The predicted molar refractivity (Wildman–Crippen MR) is 57.7 cm³/mol. The van der Waals surface area contributed by atoms with Gasteiger partial charge in [-0.15, -0.1) is 0 Å². The fourth-order valence-corrected chi connectivity index (χ4v) is 1.15. The van der Waals surface area contributed by atoms with E-state index >= 15 is 0 Å². The zero-order valence-electron chi connectivity index (χ0n) is 8.60. The fraction of sp³-hybridized carbons (Fsp3) is 0.364. The summed E-state index contributed by atoms with van der Waals surface area (Å²) in [5.41, 5.74) is 0.561. The Balaban J connectivity index is 2.44. The summed E-state index contributed by atoms with van der Waals surface area (Å²) in [6.07, 6.45) is 0.234. The van der Waals surface area contributed by atoms with Crippen molar-refractivity contribution >= 4 is 11.6 Å². The average molecular weight is 209 g/mol. The molecular weight excluding hydrogens is 194 g/mol. The van der Waals surface area contributed by atoms with Crippen molar-refractivity contribution < 1.29 is 15.0 Å². The second-order valence-electron chi connectivity index (χ2n) is 3.49. The maximum absolute atomic E-state index is 11.3. The van der Waals surface area contributed by atoms with Gasteiger partial charge in [0.25, 0.3) is 0 Å². The summed E-state index contributed by atoms with van der Waals surface area (Å²) in [5, 5.41) is 20.8. The Morgan fingerprint density at radius 1 is 1.53 bits per heavy atom. The van der Waals surface area contributed by atoms with Crippen LogP contribution in [0.3, 0.4) is 0 Å². The van der Waals surface area contributed by atoms with Crippen LogP contribution in [0.1, 0.15) is 19.8 Å². The van der Waals surface area contributed by atoms with Crippen molar-refractivity contribution in [1.82, 2.24) is 0 Å². The maximum atomic E-state index is 11.3. The lowest BCUT2D eigenvalue weighted by Crippen LogP contribution is -2.13. The summed E-state index contributed by atoms with van der Waals surface area (Å²) in [4.78, 5) is 11.3. The number of aromatic hydroxyl groups is 1. The third-order valence-corrected chi connectivity index (χ3v) is 1.92. The number of benzene rings is 1. The molecule has 0 aromatic heterocycles. The van der Waals surface area contributed by atoms with Gasteiger partial charge in [0.15, 0.2) is 0 Å². The van der Waals surface area contributed by atoms with Gasteiger partial charge >= 0.3 is 0 Å². The third-order valence-electron chi connectivity index (χ3n) is 1.92. The van der Waals surface area contributed by atoms with Crippen LogP contribution in [0.2, 0.25) is 0 Å². The molecule has 0 aliphatic rings. The standard InChI is InChI=1S/C11H15NO3/c1-8(13)5-6-11(15)12-9-3-2-4-10(14)7-9/h2-4,7-8,13-14H,5-6H2,1H3,(H,12,15). The molecule has 1 amide bonds. The first kappa shape index (κ1) is 11.5. The molecule has 82 valence electrons. The van der Waals surface area contributed by atoms with Gasteiger partial charge in [0.2, 0.25) is 5.91 Å². The van der Waals surface area contributed by atoms with E-state index in [2.05, 4.69) is 5.32 Å². The lowest BCUT2D eigenvalue weighted by atomic mass is 10.2. The highest BCUT2D eigenvalue weighted by Crippen LogP contribution is 2.15. The van der Waals surface area contributed by atoms with Crippen LogP contribution < -0.4 is 5.32 Å². The van der Waals surface area contributed by atoms with Gasteiger partial charge in [-0.25, -0.2) is 0 Å². The van der Waals surface area contributed by atoms with E-state index in [9.17, 15) is 4.79 Å². The van der Waals surface area contributed by atoms with E-state index in [1.165, 1.54) is 12.1 Å². The zero-order valence-corrected chi connectivity index (χ0v) is 8.60. The fourth-order valence-electron chi connectivity index (χ4n) is 1.15. The highest BCUT2D eigenvalue weighted by atomic mass is 16.3. The number of nitrogens with one attached hydrogen (secondary N) is 1. The number of aliphatic hydroxyl groups is 1. The van der Waals surface area contributed by atoms with Gasteiger partial charge < -0.3 is 15.5 Å². The average Bonchev–Trinajstić information content (AvgIpc) is 2.15. The summed E-state index contributed by atoms with van der Waals surface area (Å²) in [7, 11) is 0. The van der Waals surface area contributed by atoms with Gasteiger partial charge in [-0.05, 0) is 25.5 Å². The first-order valence-corrected chi connectivity index (χ1v) is 4.85. The van der Waals surface area contributed by atoms with Crippen LogP contribution >= 0.6 is 0 Å². The lowest BCUT2D eigenvalue weighted by Gasteiger charge is -2.06. The number of carbonyl (C=O) groups is 1. The van der Waals surface area contributed by atoms with Crippen molar-refractivity contribution in [1.29, 1.82) is 0 Å². The molecule has 0 aliphatic heterocycles. The monoisotopic (exact) mass is 209 g/mol. The molecule has 1 rings (SSSR count). The second kappa shape index (κ2) is 5.36. The number of hydrogen-bond acceptors (Lipinski definition) is 3. The van der Waals surface area contributed by atoms with Crippen molar-refractivity contribution in [2.24, 2.45) is 0 Å². The maximum Gasteiger partial charge on any atom is 0.224 e. The Kier molecular flexibility index (Phi) is 4.12. The number of carbonyl (C=O) groups excluding carboxylic acids is 1. The van der Waals surface area contributed by atoms with Crippen LogP contribution in [0.15, 0.2) is 24.3 Å². The molecule has 0 saturated carbocycles. The molecule has 0 bridgehead atoms.